The molecule has 1 aliphatic rings. The highest BCUT2D eigenvalue weighted by Gasteiger charge is 2.30. The quantitative estimate of drug-likeness (QED) is 0.464. The van der Waals surface area contributed by atoms with Crippen LogP contribution < -0.4 is 14.8 Å². The lowest BCUT2D eigenvalue weighted by molar-refractivity contribution is -0.128. The Morgan fingerprint density at radius 1 is 1.12 bits per heavy atom. The first-order chi connectivity index (χ1) is 16.3. The topological polar surface area (TPSA) is 68.6 Å². The molecule has 7 nitrogen and oxygen atoms in total. The van der Waals surface area contributed by atoms with Crippen LogP contribution in [0.1, 0.15) is 26.7 Å². The van der Waals surface area contributed by atoms with E-state index in [0.717, 1.165) is 36.6 Å². The molecule has 0 unspecified atom stereocenters. The second kappa shape index (κ2) is 10.5. The lowest BCUT2D eigenvalue weighted by Crippen LogP contribution is -2.42. The first-order valence-electron chi connectivity index (χ1n) is 11.6. The minimum atomic E-state index is -1.09. The smallest absolute Gasteiger partial charge is 0.267 e. The summed E-state index contributed by atoms with van der Waals surface area (Å²) in [6, 6.07) is 14.5. The Morgan fingerprint density at radius 2 is 1.85 bits per heavy atom. The van der Waals surface area contributed by atoms with Crippen LogP contribution >= 0.6 is 11.6 Å². The third-order valence-corrected chi connectivity index (χ3v) is 6.18. The summed E-state index contributed by atoms with van der Waals surface area (Å²) in [4.78, 5) is 15.5. The minimum absolute atomic E-state index is 0.263. The van der Waals surface area contributed by atoms with Crippen molar-refractivity contribution in [1.82, 2.24) is 14.7 Å². The van der Waals surface area contributed by atoms with E-state index >= 15 is 0 Å². The van der Waals surface area contributed by atoms with E-state index in [1.807, 2.05) is 31.3 Å². The number of carbonyl (C=O) groups excluding carboxylic acids is 1. The van der Waals surface area contributed by atoms with Gasteiger partial charge in [0.15, 0.2) is 5.60 Å². The maximum Gasteiger partial charge on any atom is 0.267 e. The molecule has 1 N–H and O–H groups in total. The maximum absolute atomic E-state index is 13.1. The Labute approximate surface area is 205 Å². The summed E-state index contributed by atoms with van der Waals surface area (Å²) in [7, 11) is 1.89. The number of aromatic nitrogens is 2. The standard InChI is InChI=1S/C26H31ClN4O3/c1-26(2,34-21-9-6-19(27)7-10-21)25(32)29-20-8-11-24(33-17-16-31-14-4-5-15-31)22(18-20)23-12-13-28-30(23)3/h6-13,18H,4-5,14-17H2,1-3H3,(H,29,32). The third kappa shape index (κ3) is 5.90. The maximum atomic E-state index is 13.1. The lowest BCUT2D eigenvalue weighted by Gasteiger charge is -2.25. The molecule has 34 heavy (non-hydrogen) atoms. The lowest BCUT2D eigenvalue weighted by atomic mass is 10.1. The van der Waals surface area contributed by atoms with Gasteiger partial charge < -0.3 is 14.8 Å². The van der Waals surface area contributed by atoms with Crippen molar-refractivity contribution >= 4 is 23.2 Å². The molecule has 4 rings (SSSR count). The monoisotopic (exact) mass is 482 g/mol. The van der Waals surface area contributed by atoms with Gasteiger partial charge in [-0.15, -0.1) is 0 Å². The number of benzene rings is 2. The van der Waals surface area contributed by atoms with Gasteiger partial charge in [-0.2, -0.15) is 5.10 Å². The fourth-order valence-electron chi connectivity index (χ4n) is 3.99. The SMILES string of the molecule is Cn1nccc1-c1cc(NC(=O)C(C)(C)Oc2ccc(Cl)cc2)ccc1OCCN1CCCC1. The Balaban J connectivity index is 1.49. The van der Waals surface area contributed by atoms with Crippen LogP contribution in [0.4, 0.5) is 5.69 Å². The molecule has 0 aliphatic carbocycles. The molecule has 0 spiro atoms. The van der Waals surface area contributed by atoms with Crippen molar-refractivity contribution in [2.24, 2.45) is 7.05 Å². The molecule has 0 radical (unpaired) electrons. The second-order valence-electron chi connectivity index (χ2n) is 8.97. The number of nitrogens with zero attached hydrogens (tertiary/aromatic N) is 3. The first kappa shape index (κ1) is 24.1. The van der Waals surface area contributed by atoms with Gasteiger partial charge in [0.05, 0.1) is 5.69 Å². The fraction of sp³-hybridized carbons (Fsp3) is 0.385. The number of carbonyl (C=O) groups is 1. The largest absolute Gasteiger partial charge is 0.492 e. The van der Waals surface area contributed by atoms with Crippen molar-refractivity contribution in [1.29, 1.82) is 0 Å². The average molecular weight is 483 g/mol. The van der Waals surface area contributed by atoms with Crippen LogP contribution in [0.3, 0.4) is 0 Å². The first-order valence-corrected chi connectivity index (χ1v) is 11.9. The molecule has 1 fully saturated rings. The Hall–Kier alpha value is -3.03. The highest BCUT2D eigenvalue weighted by molar-refractivity contribution is 6.30. The Kier molecular flexibility index (Phi) is 7.44. The number of rotatable bonds is 9. The van der Waals surface area contributed by atoms with E-state index in [1.165, 1.54) is 12.8 Å². The van der Waals surface area contributed by atoms with E-state index in [-0.39, 0.29) is 5.91 Å². The van der Waals surface area contributed by atoms with Crippen LogP contribution in [0.15, 0.2) is 54.7 Å². The highest BCUT2D eigenvalue weighted by atomic mass is 35.5. The van der Waals surface area contributed by atoms with Gasteiger partial charge >= 0.3 is 0 Å². The summed E-state index contributed by atoms with van der Waals surface area (Å²) < 4.78 is 13.9. The van der Waals surface area contributed by atoms with Crippen LogP contribution in [0.5, 0.6) is 11.5 Å². The highest BCUT2D eigenvalue weighted by Crippen LogP contribution is 2.33. The van der Waals surface area contributed by atoms with Crippen LogP contribution in [-0.2, 0) is 11.8 Å². The fourth-order valence-corrected chi connectivity index (χ4v) is 4.11. The van der Waals surface area contributed by atoms with Gasteiger partial charge in [-0.1, -0.05) is 11.6 Å². The van der Waals surface area contributed by atoms with E-state index in [0.29, 0.717) is 23.1 Å². The van der Waals surface area contributed by atoms with Crippen LogP contribution in [-0.4, -0.2) is 52.4 Å². The molecular weight excluding hydrogens is 452 g/mol. The van der Waals surface area contributed by atoms with Crippen molar-refractivity contribution in [3.8, 4) is 22.8 Å². The number of anilines is 1. The molecule has 2 heterocycles. The van der Waals surface area contributed by atoms with Crippen molar-refractivity contribution in [2.75, 3.05) is 31.6 Å². The molecule has 1 aliphatic heterocycles. The minimum Gasteiger partial charge on any atom is -0.492 e. The van der Waals surface area contributed by atoms with Crippen LogP contribution in [0, 0.1) is 0 Å². The molecule has 1 amide bonds. The molecule has 0 atom stereocenters. The number of amides is 1. The summed E-state index contributed by atoms with van der Waals surface area (Å²) in [5, 5.41) is 7.89. The van der Waals surface area contributed by atoms with Gasteiger partial charge in [-0.05, 0) is 88.3 Å². The van der Waals surface area contributed by atoms with E-state index in [4.69, 9.17) is 21.1 Å². The predicted molar refractivity (Wildman–Crippen MR) is 135 cm³/mol. The van der Waals surface area contributed by atoms with Crippen molar-refractivity contribution in [3.63, 3.8) is 0 Å². The summed E-state index contributed by atoms with van der Waals surface area (Å²) in [6.45, 7) is 7.25. The van der Waals surface area contributed by atoms with Gasteiger partial charge in [0, 0.05) is 36.1 Å². The molecule has 1 aromatic heterocycles. The molecule has 2 aromatic carbocycles. The number of nitrogens with one attached hydrogen (secondary N) is 1. The zero-order valence-corrected chi connectivity index (χ0v) is 20.6. The summed E-state index contributed by atoms with van der Waals surface area (Å²) >= 11 is 5.94. The van der Waals surface area contributed by atoms with E-state index in [9.17, 15) is 4.79 Å². The number of hydrogen-bond donors (Lipinski definition) is 1. The van der Waals surface area contributed by atoms with Gasteiger partial charge in [0.2, 0.25) is 0 Å². The molecular formula is C26H31ClN4O3. The third-order valence-electron chi connectivity index (χ3n) is 5.93. The average Bonchev–Trinajstić information content (AvgIpc) is 3.48. The van der Waals surface area contributed by atoms with Crippen LogP contribution in [0.25, 0.3) is 11.3 Å². The number of hydrogen-bond acceptors (Lipinski definition) is 5. The summed E-state index contributed by atoms with van der Waals surface area (Å²) in [6.07, 6.45) is 4.26. The number of likely N-dealkylation sites (tertiary alicyclic amines) is 1. The van der Waals surface area contributed by atoms with Crippen molar-refractivity contribution in [3.05, 3.63) is 59.8 Å². The molecule has 0 saturated carbocycles. The van der Waals surface area contributed by atoms with Crippen molar-refractivity contribution < 1.29 is 14.3 Å². The van der Waals surface area contributed by atoms with Gasteiger partial charge in [0.1, 0.15) is 18.1 Å². The summed E-state index contributed by atoms with van der Waals surface area (Å²) in [5.74, 6) is 1.07. The predicted octanol–water partition coefficient (Wildman–Crippen LogP) is 5.01. The normalized spacial score (nSPS) is 14.2. The van der Waals surface area contributed by atoms with Gasteiger partial charge in [-0.3, -0.25) is 14.4 Å². The van der Waals surface area contributed by atoms with Gasteiger partial charge in [0.25, 0.3) is 5.91 Å². The summed E-state index contributed by atoms with van der Waals surface area (Å²) in [5.41, 5.74) is 1.34. The molecule has 180 valence electrons. The molecule has 3 aromatic rings. The number of halogens is 1. The van der Waals surface area contributed by atoms with Crippen molar-refractivity contribution in [2.45, 2.75) is 32.3 Å². The van der Waals surface area contributed by atoms with Crippen LogP contribution in [0.2, 0.25) is 5.02 Å². The van der Waals surface area contributed by atoms with Gasteiger partial charge in [-0.25, -0.2) is 0 Å². The second-order valence-corrected chi connectivity index (χ2v) is 9.41. The zero-order valence-electron chi connectivity index (χ0n) is 19.9. The molecule has 0 bridgehead atoms. The van der Waals surface area contributed by atoms with E-state index in [1.54, 1.807) is 49.0 Å². The number of ether oxygens (including phenoxy) is 2. The van der Waals surface area contributed by atoms with E-state index < -0.39 is 5.60 Å². The Morgan fingerprint density at radius 3 is 2.53 bits per heavy atom. The zero-order chi connectivity index (χ0) is 24.1. The number of aryl methyl sites for hydroxylation is 1. The Bertz CT molecular complexity index is 1120. The molecule has 1 saturated heterocycles. The molecule has 8 heteroatoms. The van der Waals surface area contributed by atoms with E-state index in [2.05, 4.69) is 15.3 Å².